The van der Waals surface area contributed by atoms with Crippen LogP contribution in [-0.4, -0.2) is 50.3 Å². The highest BCUT2D eigenvalue weighted by molar-refractivity contribution is 5.96. The molecule has 0 aliphatic carbocycles. The maximum absolute atomic E-state index is 11.8. The highest BCUT2D eigenvalue weighted by Crippen LogP contribution is 1.99. The molecule has 0 spiro atoms. The number of imide groups is 1. The number of quaternary nitrogens is 1. The Balaban J connectivity index is 2.53. The van der Waals surface area contributed by atoms with E-state index < -0.39 is 6.03 Å². The predicted molar refractivity (Wildman–Crippen MR) is 62.8 cm³/mol. The van der Waals surface area contributed by atoms with E-state index in [1.807, 2.05) is 20.8 Å². The number of morpholine rings is 1. The molecule has 0 unspecified atom stereocenters. The number of carbonyl (C=O) groups is 2. The SMILES string of the molecule is CNC(=O)NC(=O)[C@H](C)[NH+]1C[C@H](C)O[C@@H](C)C1. The molecule has 1 fully saturated rings. The maximum atomic E-state index is 11.8. The summed E-state index contributed by atoms with van der Waals surface area (Å²) < 4.78 is 5.62. The van der Waals surface area contributed by atoms with Crippen LogP contribution in [0.15, 0.2) is 0 Å². The van der Waals surface area contributed by atoms with Gasteiger partial charge in [-0.2, -0.15) is 0 Å². The molecule has 0 aromatic heterocycles. The molecule has 3 atom stereocenters. The van der Waals surface area contributed by atoms with E-state index in [1.165, 1.54) is 7.05 Å². The molecular formula is C11H22N3O3+. The molecule has 1 rings (SSSR count). The van der Waals surface area contributed by atoms with Crippen molar-refractivity contribution >= 4 is 11.9 Å². The van der Waals surface area contributed by atoms with Crippen molar-refractivity contribution in [3.63, 3.8) is 0 Å². The molecule has 0 radical (unpaired) electrons. The smallest absolute Gasteiger partial charge is 0.321 e. The van der Waals surface area contributed by atoms with Crippen molar-refractivity contribution in [2.24, 2.45) is 0 Å². The van der Waals surface area contributed by atoms with Gasteiger partial charge >= 0.3 is 6.03 Å². The minimum atomic E-state index is -0.462. The minimum absolute atomic E-state index is 0.143. The molecule has 0 saturated carbocycles. The number of ether oxygens (including phenoxy) is 1. The number of hydrogen-bond acceptors (Lipinski definition) is 3. The first-order valence-corrected chi connectivity index (χ1v) is 5.96. The Hall–Kier alpha value is -1.14. The molecule has 0 bridgehead atoms. The van der Waals surface area contributed by atoms with Gasteiger partial charge in [0.25, 0.3) is 5.91 Å². The minimum Gasteiger partial charge on any atom is -0.364 e. The van der Waals surface area contributed by atoms with Crippen molar-refractivity contribution in [3.05, 3.63) is 0 Å². The number of hydrogen-bond donors (Lipinski definition) is 3. The predicted octanol–water partition coefficient (Wildman–Crippen LogP) is -1.48. The Labute approximate surface area is 102 Å². The molecular weight excluding hydrogens is 222 g/mol. The fraction of sp³-hybridized carbons (Fsp3) is 0.818. The van der Waals surface area contributed by atoms with Gasteiger partial charge in [-0.25, -0.2) is 4.79 Å². The number of urea groups is 1. The van der Waals surface area contributed by atoms with Crippen LogP contribution in [0.1, 0.15) is 20.8 Å². The van der Waals surface area contributed by atoms with Gasteiger partial charge in [-0.05, 0) is 20.8 Å². The van der Waals surface area contributed by atoms with Crippen LogP contribution in [0.3, 0.4) is 0 Å². The van der Waals surface area contributed by atoms with Crippen LogP contribution in [0.5, 0.6) is 0 Å². The summed E-state index contributed by atoms with van der Waals surface area (Å²) >= 11 is 0. The van der Waals surface area contributed by atoms with Gasteiger partial charge in [0.1, 0.15) is 25.3 Å². The summed E-state index contributed by atoms with van der Waals surface area (Å²) in [6, 6.07) is -0.711. The Morgan fingerprint density at radius 2 is 1.82 bits per heavy atom. The summed E-state index contributed by atoms with van der Waals surface area (Å²) in [5.41, 5.74) is 0. The van der Waals surface area contributed by atoms with E-state index in [-0.39, 0.29) is 24.2 Å². The van der Waals surface area contributed by atoms with Crippen molar-refractivity contribution in [1.29, 1.82) is 0 Å². The molecule has 1 aliphatic rings. The third kappa shape index (κ3) is 3.98. The van der Waals surface area contributed by atoms with E-state index in [0.29, 0.717) is 0 Å². The lowest BCUT2D eigenvalue weighted by molar-refractivity contribution is -0.928. The molecule has 6 heteroatoms. The standard InChI is InChI=1S/C11H21N3O3/c1-7-5-14(6-8(2)17-7)9(3)10(15)13-11(16)12-4/h7-9H,5-6H2,1-4H3,(H2,12,13,15,16)/p+1/t7-,8-,9-/m0/s1. The first-order valence-electron chi connectivity index (χ1n) is 5.96. The topological polar surface area (TPSA) is 71.9 Å². The number of amides is 3. The van der Waals surface area contributed by atoms with E-state index in [2.05, 4.69) is 10.6 Å². The van der Waals surface area contributed by atoms with E-state index in [1.54, 1.807) is 0 Å². The monoisotopic (exact) mass is 244 g/mol. The second-order valence-electron chi connectivity index (χ2n) is 4.61. The molecule has 0 aromatic carbocycles. The average Bonchev–Trinajstić information content (AvgIpc) is 2.26. The van der Waals surface area contributed by atoms with Crippen LogP contribution < -0.4 is 15.5 Å². The molecule has 1 saturated heterocycles. The quantitative estimate of drug-likeness (QED) is 0.555. The van der Waals surface area contributed by atoms with Crippen LogP contribution in [-0.2, 0) is 9.53 Å². The van der Waals surface area contributed by atoms with Gasteiger partial charge in [0.15, 0.2) is 6.04 Å². The van der Waals surface area contributed by atoms with Gasteiger partial charge in [0, 0.05) is 7.05 Å². The summed E-state index contributed by atoms with van der Waals surface area (Å²) in [5, 5.41) is 4.67. The Bertz CT molecular complexity index is 286. The first-order chi connectivity index (χ1) is 7.93. The zero-order valence-corrected chi connectivity index (χ0v) is 10.9. The second kappa shape index (κ2) is 5.97. The fourth-order valence-electron chi connectivity index (χ4n) is 2.14. The third-order valence-corrected chi connectivity index (χ3v) is 3.03. The van der Waals surface area contributed by atoms with Gasteiger partial charge in [-0.1, -0.05) is 0 Å². The zero-order chi connectivity index (χ0) is 13.0. The van der Waals surface area contributed by atoms with Gasteiger partial charge in [0.05, 0.1) is 0 Å². The van der Waals surface area contributed by atoms with E-state index in [0.717, 1.165) is 18.0 Å². The summed E-state index contributed by atoms with van der Waals surface area (Å²) in [7, 11) is 1.49. The van der Waals surface area contributed by atoms with Crippen molar-refractivity contribution in [1.82, 2.24) is 10.6 Å². The molecule has 6 nitrogen and oxygen atoms in total. The van der Waals surface area contributed by atoms with Crippen molar-refractivity contribution in [2.45, 2.75) is 39.0 Å². The van der Waals surface area contributed by atoms with Gasteiger partial charge in [0.2, 0.25) is 0 Å². The molecule has 1 aliphatic heterocycles. The second-order valence-corrected chi connectivity index (χ2v) is 4.61. The molecule has 0 aromatic rings. The van der Waals surface area contributed by atoms with Crippen LogP contribution >= 0.6 is 0 Å². The largest absolute Gasteiger partial charge is 0.364 e. The third-order valence-electron chi connectivity index (χ3n) is 3.03. The molecule has 98 valence electrons. The Morgan fingerprint density at radius 1 is 1.29 bits per heavy atom. The lowest BCUT2D eigenvalue weighted by Gasteiger charge is -2.35. The van der Waals surface area contributed by atoms with E-state index >= 15 is 0 Å². The lowest BCUT2D eigenvalue weighted by Crippen LogP contribution is -3.19. The molecule has 3 amide bonds. The number of nitrogens with one attached hydrogen (secondary N) is 3. The number of rotatable bonds is 2. The van der Waals surface area contributed by atoms with E-state index in [4.69, 9.17) is 4.74 Å². The van der Waals surface area contributed by atoms with Crippen LogP contribution in [0.2, 0.25) is 0 Å². The van der Waals surface area contributed by atoms with Gasteiger partial charge in [-0.15, -0.1) is 0 Å². The summed E-state index contributed by atoms with van der Waals surface area (Å²) in [6.45, 7) is 7.40. The van der Waals surface area contributed by atoms with Crippen molar-refractivity contribution in [3.8, 4) is 0 Å². The van der Waals surface area contributed by atoms with Gasteiger partial charge < -0.3 is 15.0 Å². The van der Waals surface area contributed by atoms with Crippen molar-refractivity contribution < 1.29 is 19.2 Å². The highest BCUT2D eigenvalue weighted by Gasteiger charge is 2.33. The maximum Gasteiger partial charge on any atom is 0.321 e. The summed E-state index contributed by atoms with van der Waals surface area (Å²) in [6.07, 6.45) is 0.285. The molecule has 1 heterocycles. The Morgan fingerprint density at radius 3 is 2.29 bits per heavy atom. The summed E-state index contributed by atoms with van der Waals surface area (Å²) in [4.78, 5) is 24.0. The lowest BCUT2D eigenvalue weighted by atomic mass is 10.1. The van der Waals surface area contributed by atoms with E-state index in [9.17, 15) is 9.59 Å². The first kappa shape index (κ1) is 13.9. The van der Waals surface area contributed by atoms with Crippen LogP contribution in [0.25, 0.3) is 0 Å². The zero-order valence-electron chi connectivity index (χ0n) is 10.9. The summed E-state index contributed by atoms with van der Waals surface area (Å²) in [5.74, 6) is -0.249. The van der Waals surface area contributed by atoms with Gasteiger partial charge in [-0.3, -0.25) is 10.1 Å². The molecule has 3 N–H and O–H groups in total. The molecule has 17 heavy (non-hydrogen) atoms. The van der Waals surface area contributed by atoms with Crippen molar-refractivity contribution in [2.75, 3.05) is 20.1 Å². The average molecular weight is 244 g/mol. The Kier molecular flexibility index (Phi) is 4.89. The highest BCUT2D eigenvalue weighted by atomic mass is 16.5. The normalized spacial score (nSPS) is 30.5. The van der Waals surface area contributed by atoms with Crippen LogP contribution in [0, 0.1) is 0 Å². The number of carbonyl (C=O) groups excluding carboxylic acids is 2. The van der Waals surface area contributed by atoms with Crippen LogP contribution in [0.4, 0.5) is 4.79 Å². The fourth-order valence-corrected chi connectivity index (χ4v) is 2.14.